The van der Waals surface area contributed by atoms with Crippen molar-refractivity contribution in [3.05, 3.63) is 0 Å². The Morgan fingerprint density at radius 3 is 2.50 bits per heavy atom. The molecule has 0 aliphatic heterocycles. The first-order valence-electron chi connectivity index (χ1n) is 4.62. The number of hydrogen-bond donors (Lipinski definition) is 1. The van der Waals surface area contributed by atoms with E-state index in [0.717, 1.165) is 12.8 Å². The van der Waals surface area contributed by atoms with Gasteiger partial charge in [-0.05, 0) is 31.6 Å². The molecule has 2 atom stereocenters. The molecule has 12 heavy (non-hydrogen) atoms. The summed E-state index contributed by atoms with van der Waals surface area (Å²) in [7, 11) is 0. The van der Waals surface area contributed by atoms with Gasteiger partial charge in [0.1, 0.15) is 5.78 Å². The number of carbonyl (C=O) groups is 1. The molecule has 2 unspecified atom stereocenters. The lowest BCUT2D eigenvalue weighted by atomic mass is 9.70. The maximum Gasteiger partial charge on any atom is 0.133 e. The summed E-state index contributed by atoms with van der Waals surface area (Å²) < 4.78 is 0. The summed E-state index contributed by atoms with van der Waals surface area (Å²) in [6.45, 7) is 5.75. The molecule has 1 rings (SSSR count). The van der Waals surface area contributed by atoms with Crippen LogP contribution in [-0.4, -0.2) is 17.0 Å². The Hall–Kier alpha value is -0.370. The Morgan fingerprint density at radius 2 is 2.08 bits per heavy atom. The van der Waals surface area contributed by atoms with Crippen LogP contribution in [0.25, 0.3) is 0 Å². The Morgan fingerprint density at radius 1 is 1.50 bits per heavy atom. The lowest BCUT2D eigenvalue weighted by Crippen LogP contribution is -2.38. The molecule has 1 saturated carbocycles. The summed E-state index contributed by atoms with van der Waals surface area (Å²) in [4.78, 5) is 11.0. The van der Waals surface area contributed by atoms with Crippen LogP contribution in [0.3, 0.4) is 0 Å². The average Bonchev–Trinajstić information content (AvgIpc) is 1.94. The second-order valence-electron chi connectivity index (χ2n) is 4.59. The summed E-state index contributed by atoms with van der Waals surface area (Å²) in [6, 6.07) is 0. The molecule has 70 valence electrons. The van der Waals surface area contributed by atoms with Gasteiger partial charge in [0.15, 0.2) is 0 Å². The Bertz CT molecular complexity index is 184. The summed E-state index contributed by atoms with van der Waals surface area (Å²) in [5.41, 5.74) is 0.00590. The van der Waals surface area contributed by atoms with Gasteiger partial charge in [0.25, 0.3) is 0 Å². The maximum absolute atomic E-state index is 11.0. The minimum absolute atomic E-state index is 0.00590. The van der Waals surface area contributed by atoms with E-state index in [2.05, 4.69) is 13.8 Å². The summed E-state index contributed by atoms with van der Waals surface area (Å²) in [5.74, 6) is 0.331. The van der Waals surface area contributed by atoms with Crippen molar-refractivity contribution in [3.8, 4) is 0 Å². The van der Waals surface area contributed by atoms with Gasteiger partial charge < -0.3 is 5.11 Å². The number of carbonyl (C=O) groups excluding carboxylic acids is 1. The van der Waals surface area contributed by atoms with Gasteiger partial charge in [0.2, 0.25) is 0 Å². The van der Waals surface area contributed by atoms with Crippen LogP contribution in [0.5, 0.6) is 0 Å². The SMILES string of the molecule is CC(=O)C1CCC(C)(C)C(O)C1. The predicted molar refractivity (Wildman–Crippen MR) is 47.8 cm³/mol. The molecule has 0 radical (unpaired) electrons. The van der Waals surface area contributed by atoms with Gasteiger partial charge in [0, 0.05) is 5.92 Å². The van der Waals surface area contributed by atoms with E-state index in [9.17, 15) is 9.90 Å². The Kier molecular flexibility index (Phi) is 2.57. The van der Waals surface area contributed by atoms with E-state index in [0.29, 0.717) is 6.42 Å². The van der Waals surface area contributed by atoms with E-state index in [4.69, 9.17) is 0 Å². The van der Waals surface area contributed by atoms with Gasteiger partial charge in [-0.15, -0.1) is 0 Å². The highest BCUT2D eigenvalue weighted by Gasteiger charge is 2.36. The standard InChI is InChI=1S/C10H18O2/c1-7(11)8-4-5-10(2,3)9(12)6-8/h8-9,12H,4-6H2,1-3H3. The van der Waals surface area contributed by atoms with Gasteiger partial charge in [-0.2, -0.15) is 0 Å². The second-order valence-corrected chi connectivity index (χ2v) is 4.59. The summed E-state index contributed by atoms with van der Waals surface area (Å²) in [6.07, 6.45) is 2.25. The molecule has 0 aromatic carbocycles. The monoisotopic (exact) mass is 170 g/mol. The van der Waals surface area contributed by atoms with Crippen LogP contribution < -0.4 is 0 Å². The zero-order chi connectivity index (χ0) is 9.35. The molecule has 0 amide bonds. The highest BCUT2D eigenvalue weighted by molar-refractivity contribution is 5.78. The maximum atomic E-state index is 11.0. The summed E-state index contributed by atoms with van der Waals surface area (Å²) in [5, 5.41) is 9.70. The fourth-order valence-electron chi connectivity index (χ4n) is 1.79. The van der Waals surface area contributed by atoms with E-state index in [1.807, 2.05) is 0 Å². The normalized spacial score (nSPS) is 34.7. The zero-order valence-corrected chi connectivity index (χ0v) is 8.13. The van der Waals surface area contributed by atoms with Crippen molar-refractivity contribution >= 4 is 5.78 Å². The molecule has 0 spiro atoms. The Balaban J connectivity index is 2.58. The minimum Gasteiger partial charge on any atom is -0.393 e. The van der Waals surface area contributed by atoms with Crippen LogP contribution >= 0.6 is 0 Å². The lowest BCUT2D eigenvalue weighted by molar-refractivity contribution is -0.125. The largest absolute Gasteiger partial charge is 0.393 e. The van der Waals surface area contributed by atoms with E-state index in [1.165, 1.54) is 0 Å². The number of rotatable bonds is 1. The van der Waals surface area contributed by atoms with Crippen molar-refractivity contribution in [3.63, 3.8) is 0 Å². The molecule has 1 N–H and O–H groups in total. The van der Waals surface area contributed by atoms with Crippen molar-refractivity contribution < 1.29 is 9.90 Å². The van der Waals surface area contributed by atoms with Gasteiger partial charge >= 0.3 is 0 Å². The van der Waals surface area contributed by atoms with Crippen LogP contribution in [0.15, 0.2) is 0 Å². The minimum atomic E-state index is -0.305. The number of hydrogen-bond acceptors (Lipinski definition) is 2. The first-order valence-corrected chi connectivity index (χ1v) is 4.62. The molecule has 2 nitrogen and oxygen atoms in total. The predicted octanol–water partition coefficient (Wildman–Crippen LogP) is 1.76. The molecule has 0 heterocycles. The molecule has 1 aliphatic rings. The first-order chi connectivity index (χ1) is 5.43. The molecule has 1 fully saturated rings. The highest BCUT2D eigenvalue weighted by atomic mass is 16.3. The molecule has 0 aromatic rings. The average molecular weight is 170 g/mol. The van der Waals surface area contributed by atoms with Crippen LogP contribution in [0, 0.1) is 11.3 Å². The molecular formula is C10H18O2. The zero-order valence-electron chi connectivity index (χ0n) is 8.13. The van der Waals surface area contributed by atoms with E-state index < -0.39 is 0 Å². The first kappa shape index (κ1) is 9.72. The van der Waals surface area contributed by atoms with Crippen molar-refractivity contribution in [1.29, 1.82) is 0 Å². The van der Waals surface area contributed by atoms with Gasteiger partial charge in [0.05, 0.1) is 6.10 Å². The molecule has 2 heteroatoms. The van der Waals surface area contributed by atoms with Crippen molar-refractivity contribution in [2.75, 3.05) is 0 Å². The number of aliphatic hydroxyl groups is 1. The van der Waals surface area contributed by atoms with Crippen molar-refractivity contribution in [2.24, 2.45) is 11.3 Å². The summed E-state index contributed by atoms with van der Waals surface area (Å²) >= 11 is 0. The fourth-order valence-corrected chi connectivity index (χ4v) is 1.79. The van der Waals surface area contributed by atoms with Gasteiger partial charge in [-0.1, -0.05) is 13.8 Å². The third kappa shape index (κ3) is 1.86. The van der Waals surface area contributed by atoms with Crippen molar-refractivity contribution in [2.45, 2.75) is 46.1 Å². The third-order valence-electron chi connectivity index (χ3n) is 3.12. The highest BCUT2D eigenvalue weighted by Crippen LogP contribution is 2.38. The number of Topliss-reactive ketones (excluding diaryl/α,β-unsaturated/α-hetero) is 1. The fraction of sp³-hybridized carbons (Fsp3) is 0.900. The van der Waals surface area contributed by atoms with E-state index >= 15 is 0 Å². The van der Waals surface area contributed by atoms with Crippen molar-refractivity contribution in [1.82, 2.24) is 0 Å². The quantitative estimate of drug-likeness (QED) is 0.651. The molecule has 0 bridgehead atoms. The van der Waals surface area contributed by atoms with E-state index in [1.54, 1.807) is 6.92 Å². The van der Waals surface area contributed by atoms with Crippen LogP contribution in [-0.2, 0) is 4.79 Å². The van der Waals surface area contributed by atoms with Crippen LogP contribution in [0.2, 0.25) is 0 Å². The Labute approximate surface area is 74.0 Å². The number of ketones is 1. The topological polar surface area (TPSA) is 37.3 Å². The number of aliphatic hydroxyl groups excluding tert-OH is 1. The second kappa shape index (κ2) is 3.17. The molecule has 0 aromatic heterocycles. The van der Waals surface area contributed by atoms with Crippen LogP contribution in [0.4, 0.5) is 0 Å². The molecule has 1 aliphatic carbocycles. The smallest absolute Gasteiger partial charge is 0.133 e. The lowest BCUT2D eigenvalue weighted by Gasteiger charge is -2.38. The third-order valence-corrected chi connectivity index (χ3v) is 3.12. The van der Waals surface area contributed by atoms with Gasteiger partial charge in [-0.25, -0.2) is 0 Å². The van der Waals surface area contributed by atoms with E-state index in [-0.39, 0.29) is 23.2 Å². The van der Waals surface area contributed by atoms with Crippen LogP contribution in [0.1, 0.15) is 40.0 Å². The molecular weight excluding hydrogens is 152 g/mol. The molecule has 0 saturated heterocycles. The van der Waals surface area contributed by atoms with Gasteiger partial charge in [-0.3, -0.25) is 4.79 Å².